The zero-order chi connectivity index (χ0) is 20.5. The largest absolute Gasteiger partial charge is 0.356 e. The number of thioether (sulfide) groups is 2. The van der Waals surface area contributed by atoms with Crippen molar-refractivity contribution in [1.82, 2.24) is 15.2 Å². The molecule has 1 N–H and O–H groups in total. The second kappa shape index (κ2) is 11.3. The molecule has 0 radical (unpaired) electrons. The van der Waals surface area contributed by atoms with Crippen LogP contribution in [-0.4, -0.2) is 53.3 Å². The molecule has 154 valence electrons. The summed E-state index contributed by atoms with van der Waals surface area (Å²) in [6, 6.07) is 13.8. The van der Waals surface area contributed by atoms with Crippen LogP contribution in [0.25, 0.3) is 0 Å². The molecule has 1 aromatic heterocycles. The number of nitrogens with zero attached hydrogens (tertiary/aromatic N) is 2. The van der Waals surface area contributed by atoms with E-state index in [0.29, 0.717) is 24.4 Å². The van der Waals surface area contributed by atoms with E-state index in [-0.39, 0.29) is 11.8 Å². The van der Waals surface area contributed by atoms with Gasteiger partial charge in [-0.3, -0.25) is 9.59 Å². The first-order chi connectivity index (χ1) is 14.2. The summed E-state index contributed by atoms with van der Waals surface area (Å²) < 4.78 is 0. The van der Waals surface area contributed by atoms with E-state index in [1.165, 1.54) is 16.7 Å². The third kappa shape index (κ3) is 6.51. The molecule has 0 aliphatic carbocycles. The number of nitrogens with one attached hydrogen (secondary N) is 1. The van der Waals surface area contributed by atoms with Crippen molar-refractivity contribution in [2.75, 3.05) is 31.6 Å². The van der Waals surface area contributed by atoms with Crippen LogP contribution in [0.4, 0.5) is 0 Å². The minimum Gasteiger partial charge on any atom is -0.356 e. The van der Waals surface area contributed by atoms with Gasteiger partial charge in [0, 0.05) is 42.9 Å². The van der Waals surface area contributed by atoms with E-state index in [1.54, 1.807) is 18.0 Å². The molecule has 3 rings (SSSR count). The van der Waals surface area contributed by atoms with E-state index in [9.17, 15) is 9.59 Å². The van der Waals surface area contributed by atoms with Crippen molar-refractivity contribution in [3.63, 3.8) is 0 Å². The molecule has 1 aromatic carbocycles. The summed E-state index contributed by atoms with van der Waals surface area (Å²) >= 11 is 3.20. The van der Waals surface area contributed by atoms with E-state index in [2.05, 4.69) is 22.4 Å². The quantitative estimate of drug-likeness (QED) is 0.644. The first-order valence-electron chi connectivity index (χ1n) is 9.90. The lowest BCUT2D eigenvalue weighted by Crippen LogP contribution is -2.41. The zero-order valence-corrected chi connectivity index (χ0v) is 18.3. The molecular formula is C22H27N3O2S2. The van der Waals surface area contributed by atoms with Crippen molar-refractivity contribution < 1.29 is 9.59 Å². The Bertz CT molecular complexity index is 809. The smallest absolute Gasteiger partial charge is 0.256 e. The number of amides is 2. The normalized spacial score (nSPS) is 14.6. The van der Waals surface area contributed by atoms with Gasteiger partial charge in [-0.15, -0.1) is 23.5 Å². The summed E-state index contributed by atoms with van der Waals surface area (Å²) in [5.41, 5.74) is 0.683. The Morgan fingerprint density at radius 2 is 1.90 bits per heavy atom. The number of rotatable bonds is 8. The van der Waals surface area contributed by atoms with Crippen molar-refractivity contribution in [2.24, 2.45) is 5.92 Å². The number of aromatic nitrogens is 1. The second-order valence-corrected chi connectivity index (χ2v) is 8.97. The molecule has 0 spiro atoms. The van der Waals surface area contributed by atoms with Crippen LogP contribution in [0.3, 0.4) is 0 Å². The SMILES string of the molecule is CSc1ncccc1C(=O)N1CCC(CNC(=O)CCSc2ccccc2)CC1. The van der Waals surface area contributed by atoms with Gasteiger partial charge in [0.1, 0.15) is 5.03 Å². The van der Waals surface area contributed by atoms with Gasteiger partial charge in [0.05, 0.1) is 5.56 Å². The van der Waals surface area contributed by atoms with Gasteiger partial charge in [0.25, 0.3) is 5.91 Å². The third-order valence-corrected chi connectivity index (χ3v) is 6.75. The molecule has 1 aliphatic heterocycles. The van der Waals surface area contributed by atoms with Gasteiger partial charge in [0.2, 0.25) is 5.91 Å². The van der Waals surface area contributed by atoms with E-state index >= 15 is 0 Å². The lowest BCUT2D eigenvalue weighted by molar-refractivity contribution is -0.120. The number of hydrogen-bond acceptors (Lipinski definition) is 5. The van der Waals surface area contributed by atoms with E-state index in [0.717, 1.165) is 36.7 Å². The molecule has 1 aliphatic rings. The molecule has 0 atom stereocenters. The average molecular weight is 430 g/mol. The van der Waals surface area contributed by atoms with Gasteiger partial charge in [-0.25, -0.2) is 4.98 Å². The minimum absolute atomic E-state index is 0.0582. The summed E-state index contributed by atoms with van der Waals surface area (Å²) in [4.78, 5) is 32.3. The molecule has 0 saturated carbocycles. The maximum absolute atomic E-state index is 12.8. The van der Waals surface area contributed by atoms with Crippen LogP contribution in [0.15, 0.2) is 58.6 Å². The highest BCUT2D eigenvalue weighted by molar-refractivity contribution is 7.99. The van der Waals surface area contributed by atoms with Crippen LogP contribution in [0.5, 0.6) is 0 Å². The molecule has 7 heteroatoms. The highest BCUT2D eigenvalue weighted by atomic mass is 32.2. The van der Waals surface area contributed by atoms with Crippen LogP contribution in [0.2, 0.25) is 0 Å². The molecule has 2 heterocycles. The van der Waals surface area contributed by atoms with Gasteiger partial charge in [0.15, 0.2) is 0 Å². The van der Waals surface area contributed by atoms with Crippen molar-refractivity contribution in [2.45, 2.75) is 29.2 Å². The lowest BCUT2D eigenvalue weighted by atomic mass is 9.96. The van der Waals surface area contributed by atoms with E-state index in [1.807, 2.05) is 41.5 Å². The van der Waals surface area contributed by atoms with Gasteiger partial charge in [-0.05, 0) is 49.3 Å². The Labute approximate surface area is 181 Å². The summed E-state index contributed by atoms with van der Waals surface area (Å²) in [6.45, 7) is 2.15. The first-order valence-corrected chi connectivity index (χ1v) is 12.1. The first kappa shape index (κ1) is 21.7. The molecular weight excluding hydrogens is 402 g/mol. The second-order valence-electron chi connectivity index (χ2n) is 7.01. The number of carbonyl (C=O) groups excluding carboxylic acids is 2. The molecule has 0 bridgehead atoms. The van der Waals surface area contributed by atoms with Crippen molar-refractivity contribution in [3.8, 4) is 0 Å². The van der Waals surface area contributed by atoms with Crippen molar-refractivity contribution >= 4 is 35.3 Å². The van der Waals surface area contributed by atoms with E-state index in [4.69, 9.17) is 0 Å². The summed E-state index contributed by atoms with van der Waals surface area (Å²) in [5, 5.41) is 3.84. The topological polar surface area (TPSA) is 62.3 Å². The number of carbonyl (C=O) groups is 2. The van der Waals surface area contributed by atoms with Crippen molar-refractivity contribution in [1.29, 1.82) is 0 Å². The average Bonchev–Trinajstić information content (AvgIpc) is 2.78. The number of benzene rings is 1. The van der Waals surface area contributed by atoms with E-state index < -0.39 is 0 Å². The molecule has 2 amide bonds. The van der Waals surface area contributed by atoms with Gasteiger partial charge < -0.3 is 10.2 Å². The van der Waals surface area contributed by atoms with Gasteiger partial charge in [-0.2, -0.15) is 0 Å². The highest BCUT2D eigenvalue weighted by Gasteiger charge is 2.25. The van der Waals surface area contributed by atoms with Crippen molar-refractivity contribution in [3.05, 3.63) is 54.2 Å². The highest BCUT2D eigenvalue weighted by Crippen LogP contribution is 2.23. The summed E-state index contributed by atoms with van der Waals surface area (Å²) in [7, 11) is 0. The molecule has 29 heavy (non-hydrogen) atoms. The molecule has 2 aromatic rings. The molecule has 1 saturated heterocycles. The summed E-state index contributed by atoms with van der Waals surface area (Å²) in [6.07, 6.45) is 6.01. The van der Waals surface area contributed by atoms with Crippen LogP contribution in [0, 0.1) is 5.92 Å². The maximum Gasteiger partial charge on any atom is 0.256 e. The number of hydrogen-bond donors (Lipinski definition) is 1. The zero-order valence-electron chi connectivity index (χ0n) is 16.7. The number of piperidine rings is 1. The van der Waals surface area contributed by atoms with Crippen LogP contribution >= 0.6 is 23.5 Å². The van der Waals surface area contributed by atoms with Crippen LogP contribution in [-0.2, 0) is 4.79 Å². The maximum atomic E-state index is 12.8. The predicted molar refractivity (Wildman–Crippen MR) is 119 cm³/mol. The van der Waals surface area contributed by atoms with Gasteiger partial charge in [-0.1, -0.05) is 18.2 Å². The Hall–Kier alpha value is -1.99. The van der Waals surface area contributed by atoms with Crippen LogP contribution < -0.4 is 5.32 Å². The minimum atomic E-state index is 0.0582. The Balaban J connectivity index is 1.36. The Morgan fingerprint density at radius 1 is 1.14 bits per heavy atom. The van der Waals surface area contributed by atoms with Crippen LogP contribution in [0.1, 0.15) is 29.6 Å². The fraction of sp³-hybridized carbons (Fsp3) is 0.409. The Kier molecular flexibility index (Phi) is 8.43. The molecule has 1 fully saturated rings. The fourth-order valence-electron chi connectivity index (χ4n) is 3.35. The third-order valence-electron chi connectivity index (χ3n) is 5.03. The fourth-order valence-corrected chi connectivity index (χ4v) is 4.77. The standard InChI is InChI=1S/C22H27N3O2S2/c1-28-21-19(8-5-12-23-21)22(27)25-13-9-17(10-14-25)16-24-20(26)11-15-29-18-6-3-2-4-7-18/h2-8,12,17H,9-11,13-16H2,1H3,(H,24,26). The Morgan fingerprint density at radius 3 is 2.62 bits per heavy atom. The lowest BCUT2D eigenvalue weighted by Gasteiger charge is -2.32. The summed E-state index contributed by atoms with van der Waals surface area (Å²) in [5.74, 6) is 1.37. The van der Waals surface area contributed by atoms with Gasteiger partial charge >= 0.3 is 0 Å². The monoisotopic (exact) mass is 429 g/mol. The molecule has 5 nitrogen and oxygen atoms in total. The number of pyridine rings is 1. The predicted octanol–water partition coefficient (Wildman–Crippen LogP) is 3.95. The number of likely N-dealkylation sites (tertiary alicyclic amines) is 1. The molecule has 0 unspecified atom stereocenters.